The van der Waals surface area contributed by atoms with E-state index >= 15 is 0 Å². The van der Waals surface area contributed by atoms with Crippen LogP contribution in [0.15, 0.2) is 42.5 Å². The number of carboxylic acid groups (broad SMARTS) is 1. The molecule has 0 aromatic heterocycles. The first-order valence-electron chi connectivity index (χ1n) is 12.3. The second-order valence-electron chi connectivity index (χ2n) is 11.3. The summed E-state index contributed by atoms with van der Waals surface area (Å²) in [5.74, 6) is -0.868. The standard InChI is InChI=1S/C27H40O6Si/c1-26(2,3)34(4,5)33-24(17-25(29)30)16-22(28)11-13-27-14-12-23(32-27)15-21(27)19-31-18-20-9-7-6-8-10-20/h6-11,13,21,23-24H,12,14-19H2,1-5H3,(H,29,30)/t21-,23+,24?,27-/m0/s1. The second-order valence-corrected chi connectivity index (χ2v) is 16.0. The van der Waals surface area contributed by atoms with E-state index in [4.69, 9.17) is 13.9 Å². The molecule has 7 heteroatoms. The lowest BCUT2D eigenvalue weighted by molar-refractivity contribution is -0.139. The summed E-state index contributed by atoms with van der Waals surface area (Å²) < 4.78 is 18.6. The molecule has 1 aromatic rings. The van der Waals surface area contributed by atoms with Gasteiger partial charge in [0.25, 0.3) is 0 Å². The molecule has 2 aliphatic heterocycles. The monoisotopic (exact) mass is 488 g/mol. The highest BCUT2D eigenvalue weighted by Crippen LogP contribution is 2.49. The maximum absolute atomic E-state index is 12.9. The van der Waals surface area contributed by atoms with E-state index in [1.807, 2.05) is 36.4 Å². The number of allylic oxidation sites excluding steroid dienone is 1. The van der Waals surface area contributed by atoms with Crippen LogP contribution in [0.2, 0.25) is 18.1 Å². The number of benzene rings is 1. The first-order chi connectivity index (χ1) is 15.9. The lowest BCUT2D eigenvalue weighted by Gasteiger charge is -2.38. The van der Waals surface area contributed by atoms with E-state index in [1.54, 1.807) is 6.08 Å². The van der Waals surface area contributed by atoms with Crippen LogP contribution in [0, 0.1) is 5.92 Å². The van der Waals surface area contributed by atoms with Gasteiger partial charge in [-0.05, 0) is 55.1 Å². The predicted molar refractivity (Wildman–Crippen MR) is 134 cm³/mol. The van der Waals surface area contributed by atoms with Gasteiger partial charge in [0.2, 0.25) is 0 Å². The molecule has 2 fully saturated rings. The minimum atomic E-state index is -2.20. The number of hydrogen-bond donors (Lipinski definition) is 1. The van der Waals surface area contributed by atoms with Crippen LogP contribution in [0.3, 0.4) is 0 Å². The fraction of sp³-hybridized carbons (Fsp3) is 0.630. The van der Waals surface area contributed by atoms with E-state index in [0.29, 0.717) is 13.2 Å². The van der Waals surface area contributed by atoms with E-state index in [1.165, 1.54) is 0 Å². The molecule has 0 amide bonds. The van der Waals surface area contributed by atoms with Gasteiger partial charge in [-0.25, -0.2) is 0 Å². The van der Waals surface area contributed by atoms with Crippen molar-refractivity contribution in [3.8, 4) is 0 Å². The number of carbonyl (C=O) groups excluding carboxylic acids is 1. The molecule has 0 saturated carbocycles. The van der Waals surface area contributed by atoms with Gasteiger partial charge in [-0.1, -0.05) is 51.1 Å². The van der Waals surface area contributed by atoms with Crippen molar-refractivity contribution in [3.05, 3.63) is 48.0 Å². The van der Waals surface area contributed by atoms with Gasteiger partial charge in [-0.2, -0.15) is 0 Å². The van der Waals surface area contributed by atoms with Gasteiger partial charge in [0, 0.05) is 12.3 Å². The quantitative estimate of drug-likeness (QED) is 0.308. The Morgan fingerprint density at radius 2 is 1.94 bits per heavy atom. The number of ether oxygens (including phenoxy) is 2. The third-order valence-corrected chi connectivity index (χ3v) is 12.1. The van der Waals surface area contributed by atoms with E-state index < -0.39 is 26.0 Å². The van der Waals surface area contributed by atoms with Crippen molar-refractivity contribution in [2.75, 3.05) is 6.61 Å². The molecule has 0 aliphatic carbocycles. The smallest absolute Gasteiger partial charge is 0.305 e. The van der Waals surface area contributed by atoms with E-state index in [-0.39, 0.29) is 35.7 Å². The van der Waals surface area contributed by atoms with E-state index in [2.05, 4.69) is 33.9 Å². The van der Waals surface area contributed by atoms with E-state index in [0.717, 1.165) is 24.8 Å². The molecule has 6 nitrogen and oxygen atoms in total. The van der Waals surface area contributed by atoms with Crippen molar-refractivity contribution in [1.29, 1.82) is 0 Å². The van der Waals surface area contributed by atoms with Gasteiger partial charge in [0.15, 0.2) is 14.1 Å². The molecule has 1 aromatic carbocycles. The average Bonchev–Trinajstić information content (AvgIpc) is 3.30. The van der Waals surface area contributed by atoms with Crippen LogP contribution in [0.4, 0.5) is 0 Å². The Labute approximate surface area is 204 Å². The van der Waals surface area contributed by atoms with Crippen LogP contribution in [-0.4, -0.2) is 49.6 Å². The van der Waals surface area contributed by atoms with Gasteiger partial charge in [0.05, 0.1) is 37.4 Å². The van der Waals surface area contributed by atoms with Gasteiger partial charge in [-0.3, -0.25) is 9.59 Å². The summed E-state index contributed by atoms with van der Waals surface area (Å²) in [6.45, 7) is 11.6. The van der Waals surface area contributed by atoms with Gasteiger partial charge >= 0.3 is 5.97 Å². The molecule has 2 aliphatic rings. The largest absolute Gasteiger partial charge is 0.481 e. The molecular formula is C27H40O6Si. The molecule has 188 valence electrons. The lowest BCUT2D eigenvalue weighted by atomic mass is 9.78. The van der Waals surface area contributed by atoms with E-state index in [9.17, 15) is 14.7 Å². The predicted octanol–water partition coefficient (Wildman–Crippen LogP) is 5.52. The minimum Gasteiger partial charge on any atom is -0.481 e. The number of carboxylic acids is 1. The highest BCUT2D eigenvalue weighted by molar-refractivity contribution is 6.74. The Hall–Kier alpha value is -1.80. The molecule has 2 saturated heterocycles. The van der Waals surface area contributed by atoms with Crippen LogP contribution >= 0.6 is 0 Å². The number of carbonyl (C=O) groups is 2. The summed E-state index contributed by atoms with van der Waals surface area (Å²) in [4.78, 5) is 24.3. The highest BCUT2D eigenvalue weighted by atomic mass is 28.4. The number of fused-ring (bicyclic) bond motifs is 2. The van der Waals surface area contributed by atoms with Crippen molar-refractivity contribution in [3.63, 3.8) is 0 Å². The summed E-state index contributed by atoms with van der Waals surface area (Å²) in [7, 11) is -2.20. The van der Waals surface area contributed by atoms with Gasteiger partial charge in [0.1, 0.15) is 0 Å². The molecule has 0 spiro atoms. The summed E-state index contributed by atoms with van der Waals surface area (Å²) in [5.41, 5.74) is 0.664. The van der Waals surface area contributed by atoms with Crippen molar-refractivity contribution >= 4 is 20.1 Å². The molecule has 1 unspecified atom stereocenters. The Morgan fingerprint density at radius 3 is 2.56 bits per heavy atom. The molecular weight excluding hydrogens is 448 g/mol. The summed E-state index contributed by atoms with van der Waals surface area (Å²) in [5, 5.41) is 9.29. The normalized spacial score (nSPS) is 25.7. The molecule has 1 N–H and O–H groups in total. The number of ketones is 1. The lowest BCUT2D eigenvalue weighted by Crippen LogP contribution is -2.44. The van der Waals surface area contributed by atoms with Gasteiger partial charge < -0.3 is 19.0 Å². The minimum absolute atomic E-state index is 0.0595. The Bertz CT molecular complexity index is 875. The summed E-state index contributed by atoms with van der Waals surface area (Å²) >= 11 is 0. The summed E-state index contributed by atoms with van der Waals surface area (Å²) in [6.07, 6.45) is 5.76. The molecule has 0 radical (unpaired) electrons. The first-order valence-corrected chi connectivity index (χ1v) is 15.2. The number of hydrogen-bond acceptors (Lipinski definition) is 5. The number of rotatable bonds is 12. The molecule has 4 atom stereocenters. The van der Waals surface area contributed by atoms with Crippen molar-refractivity contribution in [2.45, 2.75) is 95.4 Å². The van der Waals surface area contributed by atoms with Crippen LogP contribution in [0.1, 0.15) is 58.4 Å². The van der Waals surface area contributed by atoms with Crippen molar-refractivity contribution in [1.82, 2.24) is 0 Å². The maximum Gasteiger partial charge on any atom is 0.305 e. The maximum atomic E-state index is 12.9. The Morgan fingerprint density at radius 1 is 1.24 bits per heavy atom. The van der Waals surface area contributed by atoms with Crippen LogP contribution in [0.25, 0.3) is 0 Å². The third-order valence-electron chi connectivity index (χ3n) is 7.56. The van der Waals surface area contributed by atoms with Crippen molar-refractivity contribution in [2.24, 2.45) is 5.92 Å². The Balaban J connectivity index is 1.60. The fourth-order valence-corrected chi connectivity index (χ4v) is 5.98. The molecule has 2 bridgehead atoms. The second kappa shape index (κ2) is 10.9. The number of aliphatic carboxylic acids is 1. The fourth-order valence-electron chi connectivity index (χ4n) is 4.63. The highest BCUT2D eigenvalue weighted by Gasteiger charge is 2.52. The Kier molecular flexibility index (Phi) is 8.55. The topological polar surface area (TPSA) is 82.1 Å². The van der Waals surface area contributed by atoms with Crippen molar-refractivity contribution < 1.29 is 28.6 Å². The molecule has 34 heavy (non-hydrogen) atoms. The summed E-state index contributed by atoms with van der Waals surface area (Å²) in [6, 6.07) is 10.1. The zero-order valence-electron chi connectivity index (χ0n) is 21.2. The third kappa shape index (κ3) is 6.87. The van der Waals surface area contributed by atoms with Crippen LogP contribution in [-0.2, 0) is 30.1 Å². The zero-order valence-corrected chi connectivity index (χ0v) is 22.2. The molecule has 3 rings (SSSR count). The average molecular weight is 489 g/mol. The SMILES string of the molecule is CC(C)(C)[Si](C)(C)OC(CC(=O)O)CC(=O)C=C[C@]12CC[C@H](C[C@H]1COCc1ccccc1)O2. The van der Waals surface area contributed by atoms with Crippen LogP contribution in [0.5, 0.6) is 0 Å². The first kappa shape index (κ1) is 26.8. The zero-order chi connectivity index (χ0) is 25.0. The van der Waals surface area contributed by atoms with Crippen LogP contribution < -0.4 is 0 Å². The molecule has 2 heterocycles. The van der Waals surface area contributed by atoms with Gasteiger partial charge in [-0.15, -0.1) is 0 Å².